The van der Waals surface area contributed by atoms with Crippen LogP contribution < -0.4 is 9.64 Å². The third kappa shape index (κ3) is 3.57. The first-order valence-electron chi connectivity index (χ1n) is 8.46. The lowest BCUT2D eigenvalue weighted by Crippen LogP contribution is -2.31. The lowest BCUT2D eigenvalue weighted by molar-refractivity contribution is -0.122. The topological polar surface area (TPSA) is 71.4 Å². The zero-order chi connectivity index (χ0) is 19.5. The molecule has 0 unspecified atom stereocenters. The number of fused-ring (bicyclic) bond motifs is 2. The van der Waals surface area contributed by atoms with E-state index >= 15 is 0 Å². The molecule has 7 heteroatoms. The van der Waals surface area contributed by atoms with Crippen LogP contribution in [0.1, 0.15) is 5.56 Å². The highest BCUT2D eigenvalue weighted by Crippen LogP contribution is 2.46. The maximum atomic E-state index is 12.9. The van der Waals surface area contributed by atoms with Crippen molar-refractivity contribution in [1.82, 2.24) is 0 Å². The molecule has 0 saturated carbocycles. The Morgan fingerprint density at radius 2 is 1.71 bits per heavy atom. The summed E-state index contributed by atoms with van der Waals surface area (Å²) in [4.78, 5) is 19.6. The smallest absolute Gasteiger partial charge is 0.272 e. The Hall–Kier alpha value is -3.32. The Labute approximate surface area is 169 Å². The third-order valence-corrected chi connectivity index (χ3v) is 4.62. The summed E-state index contributed by atoms with van der Waals surface area (Å²) in [5, 5.41) is 13.6. The van der Waals surface area contributed by atoms with Crippen molar-refractivity contribution in [3.05, 3.63) is 76.8 Å². The average Bonchev–Trinajstić information content (AvgIpc) is 2.71. The number of phenolic OH excluding ortho intramolecular Hbond substituents is 1. The largest absolute Gasteiger partial charge is 0.507 e. The molecule has 0 spiro atoms. The molecule has 1 heterocycles. The molecule has 4 rings (SSSR count). The van der Waals surface area contributed by atoms with E-state index in [-0.39, 0.29) is 18.3 Å². The minimum absolute atomic E-state index is 0.0675. The minimum atomic E-state index is -0.293. The normalized spacial score (nSPS) is 12.2. The quantitative estimate of drug-likeness (QED) is 0.460. The van der Waals surface area contributed by atoms with Gasteiger partial charge in [-0.3, -0.25) is 9.69 Å². The van der Waals surface area contributed by atoms with Gasteiger partial charge in [-0.2, -0.15) is 0 Å². The Morgan fingerprint density at radius 1 is 1.07 bits per heavy atom. The number of carbonyl (C=O) groups excluding carboxylic acids is 1. The number of ether oxygens (including phenoxy) is 1. The van der Waals surface area contributed by atoms with Gasteiger partial charge in [0, 0.05) is 10.0 Å². The van der Waals surface area contributed by atoms with Crippen LogP contribution in [0.5, 0.6) is 17.2 Å². The molecule has 0 radical (unpaired) electrons. The molecule has 0 fully saturated rings. The van der Waals surface area contributed by atoms with E-state index in [1.54, 1.807) is 29.2 Å². The molecular weight excluding hydrogens is 424 g/mol. The van der Waals surface area contributed by atoms with E-state index < -0.39 is 0 Å². The highest BCUT2D eigenvalue weighted by Gasteiger charge is 2.28. The van der Waals surface area contributed by atoms with Gasteiger partial charge < -0.3 is 14.7 Å². The molecule has 0 bridgehead atoms. The van der Waals surface area contributed by atoms with Gasteiger partial charge in [-0.05, 0) is 42.5 Å². The summed E-state index contributed by atoms with van der Waals surface area (Å²) in [5.41, 5.74) is 1.76. The van der Waals surface area contributed by atoms with Gasteiger partial charge in [0.25, 0.3) is 5.91 Å². The van der Waals surface area contributed by atoms with E-state index in [1.165, 1.54) is 12.3 Å². The van der Waals surface area contributed by atoms with Crippen molar-refractivity contribution >= 4 is 39.4 Å². The van der Waals surface area contributed by atoms with Crippen LogP contribution in [-0.4, -0.2) is 23.8 Å². The van der Waals surface area contributed by atoms with Crippen molar-refractivity contribution in [1.29, 1.82) is 0 Å². The Bertz CT molecular complexity index is 1020. The number of para-hydroxylation sites is 4. The molecule has 28 heavy (non-hydrogen) atoms. The van der Waals surface area contributed by atoms with Crippen molar-refractivity contribution in [2.45, 2.75) is 0 Å². The number of hydrogen-bond donors (Lipinski definition) is 1. The van der Waals surface area contributed by atoms with Gasteiger partial charge in [0.15, 0.2) is 18.1 Å². The third-order valence-electron chi connectivity index (χ3n) is 4.13. The molecule has 6 nitrogen and oxygen atoms in total. The zero-order valence-corrected chi connectivity index (χ0v) is 16.2. The summed E-state index contributed by atoms with van der Waals surface area (Å²) in [6, 6.07) is 19.6. The molecule has 3 aromatic rings. The molecule has 1 aliphatic heterocycles. The number of benzene rings is 3. The van der Waals surface area contributed by atoms with E-state index in [9.17, 15) is 9.90 Å². The lowest BCUT2D eigenvalue weighted by atomic mass is 10.1. The Kier molecular flexibility index (Phi) is 4.99. The number of anilines is 2. The van der Waals surface area contributed by atoms with Gasteiger partial charge in [-0.1, -0.05) is 45.4 Å². The second-order valence-electron chi connectivity index (χ2n) is 5.98. The van der Waals surface area contributed by atoms with Crippen molar-refractivity contribution in [2.75, 3.05) is 11.5 Å². The number of halogens is 1. The zero-order valence-electron chi connectivity index (χ0n) is 14.6. The number of amides is 1. The molecule has 0 aromatic heterocycles. The van der Waals surface area contributed by atoms with Gasteiger partial charge in [-0.15, -0.1) is 0 Å². The second kappa shape index (κ2) is 7.74. The summed E-state index contributed by atoms with van der Waals surface area (Å²) >= 11 is 3.33. The SMILES string of the molecule is O=C(CO/N=C/c1cc(Br)ccc1O)N1c2ccccc2Oc2ccccc21. The molecule has 1 aliphatic rings. The first-order chi connectivity index (χ1) is 13.6. The fourth-order valence-electron chi connectivity index (χ4n) is 2.85. The van der Waals surface area contributed by atoms with Crippen molar-refractivity contribution in [2.24, 2.45) is 5.16 Å². The highest BCUT2D eigenvalue weighted by atomic mass is 79.9. The second-order valence-corrected chi connectivity index (χ2v) is 6.89. The Balaban J connectivity index is 1.52. The molecule has 0 saturated heterocycles. The monoisotopic (exact) mass is 438 g/mol. The molecule has 0 atom stereocenters. The lowest BCUT2D eigenvalue weighted by Gasteiger charge is -2.30. The van der Waals surface area contributed by atoms with Crippen LogP contribution in [0.15, 0.2) is 76.4 Å². The summed E-state index contributed by atoms with van der Waals surface area (Å²) < 4.78 is 6.66. The molecule has 3 aromatic carbocycles. The maximum Gasteiger partial charge on any atom is 0.272 e. The van der Waals surface area contributed by atoms with Crippen LogP contribution in [0.25, 0.3) is 0 Å². The van der Waals surface area contributed by atoms with E-state index in [1.807, 2.05) is 36.4 Å². The minimum Gasteiger partial charge on any atom is -0.507 e. The number of nitrogens with zero attached hydrogens (tertiary/aromatic N) is 2. The summed E-state index contributed by atoms with van der Waals surface area (Å²) in [7, 11) is 0. The van der Waals surface area contributed by atoms with Gasteiger partial charge in [0.1, 0.15) is 5.75 Å². The predicted molar refractivity (Wildman–Crippen MR) is 109 cm³/mol. The van der Waals surface area contributed by atoms with E-state index in [0.29, 0.717) is 28.4 Å². The number of rotatable bonds is 4. The number of phenols is 1. The van der Waals surface area contributed by atoms with Crippen LogP contribution >= 0.6 is 15.9 Å². The van der Waals surface area contributed by atoms with Crippen LogP contribution in [0.2, 0.25) is 0 Å². The summed E-state index contributed by atoms with van der Waals surface area (Å²) in [5.74, 6) is 0.964. The van der Waals surface area contributed by atoms with Gasteiger partial charge in [0.05, 0.1) is 17.6 Å². The molecule has 0 aliphatic carbocycles. The van der Waals surface area contributed by atoms with Crippen LogP contribution in [0.3, 0.4) is 0 Å². The first kappa shape index (κ1) is 18.1. The Morgan fingerprint density at radius 3 is 2.39 bits per heavy atom. The maximum absolute atomic E-state index is 12.9. The highest BCUT2D eigenvalue weighted by molar-refractivity contribution is 9.10. The van der Waals surface area contributed by atoms with Gasteiger partial charge in [0.2, 0.25) is 0 Å². The van der Waals surface area contributed by atoms with Crippen molar-refractivity contribution in [3.63, 3.8) is 0 Å². The van der Waals surface area contributed by atoms with Gasteiger partial charge in [-0.25, -0.2) is 0 Å². The van der Waals surface area contributed by atoms with E-state index in [4.69, 9.17) is 9.57 Å². The van der Waals surface area contributed by atoms with E-state index in [0.717, 1.165) is 4.47 Å². The number of hydrogen-bond acceptors (Lipinski definition) is 5. The van der Waals surface area contributed by atoms with Gasteiger partial charge >= 0.3 is 0 Å². The van der Waals surface area contributed by atoms with Crippen LogP contribution in [-0.2, 0) is 9.63 Å². The number of oxime groups is 1. The molecular formula is C21H15BrN2O4. The standard InChI is InChI=1S/C21H15BrN2O4/c22-15-9-10-18(25)14(11-15)12-23-27-13-21(26)24-16-5-1-3-7-19(16)28-20-8-4-2-6-17(20)24/h1-12,25H,13H2/b23-12+. The predicted octanol–water partition coefficient (Wildman–Crippen LogP) is 4.98. The van der Waals surface area contributed by atoms with Crippen molar-refractivity contribution in [3.8, 4) is 17.2 Å². The number of carbonyl (C=O) groups is 1. The fraction of sp³-hybridized carbons (Fsp3) is 0.0476. The average molecular weight is 439 g/mol. The summed E-state index contributed by atoms with van der Waals surface area (Å²) in [6.07, 6.45) is 1.36. The fourth-order valence-corrected chi connectivity index (χ4v) is 3.23. The van der Waals surface area contributed by atoms with E-state index in [2.05, 4.69) is 21.1 Å². The van der Waals surface area contributed by atoms with Crippen molar-refractivity contribution < 1.29 is 19.5 Å². The first-order valence-corrected chi connectivity index (χ1v) is 9.25. The van der Waals surface area contributed by atoms with Crippen LogP contribution in [0.4, 0.5) is 11.4 Å². The summed E-state index contributed by atoms with van der Waals surface area (Å²) in [6.45, 7) is -0.270. The molecule has 1 amide bonds. The molecule has 140 valence electrons. The molecule has 1 N–H and O–H groups in total. The van der Waals surface area contributed by atoms with Crippen LogP contribution in [0, 0.1) is 0 Å². The number of aromatic hydroxyl groups is 1.